The molecule has 1 amide bonds. The minimum atomic E-state index is 0.135. The van der Waals surface area contributed by atoms with E-state index in [1.54, 1.807) is 0 Å². The summed E-state index contributed by atoms with van der Waals surface area (Å²) < 4.78 is 2.95. The molecule has 5 heteroatoms. The molecule has 17 heavy (non-hydrogen) atoms. The molecule has 0 bridgehead atoms. The van der Waals surface area contributed by atoms with Gasteiger partial charge in [0.25, 0.3) is 5.91 Å². The average molecular weight is 300 g/mol. The molecule has 1 unspecified atom stereocenters. The molecule has 2 heterocycles. The number of nitrogens with zero attached hydrogens (tertiary/aromatic N) is 2. The second-order valence-electron chi connectivity index (χ2n) is 4.36. The zero-order valence-corrected chi connectivity index (χ0v) is 11.8. The molecular formula is C12H18BrN3O. The third-order valence-electron chi connectivity index (χ3n) is 3.31. The van der Waals surface area contributed by atoms with Crippen LogP contribution in [0.15, 0.2) is 16.7 Å². The van der Waals surface area contributed by atoms with Crippen molar-refractivity contribution in [2.75, 3.05) is 20.1 Å². The Morgan fingerprint density at radius 3 is 3.00 bits per heavy atom. The summed E-state index contributed by atoms with van der Waals surface area (Å²) in [5.74, 6) is 0.135. The Hall–Kier alpha value is -0.810. The number of hydrogen-bond donors (Lipinski definition) is 1. The summed E-state index contributed by atoms with van der Waals surface area (Å²) in [7, 11) is 1.95. The van der Waals surface area contributed by atoms with Gasteiger partial charge >= 0.3 is 0 Å². The maximum Gasteiger partial charge on any atom is 0.270 e. The number of amides is 1. The number of aromatic nitrogens is 1. The molecule has 1 aliphatic heterocycles. The van der Waals surface area contributed by atoms with Crippen molar-refractivity contribution in [1.82, 2.24) is 14.8 Å². The lowest BCUT2D eigenvalue weighted by molar-refractivity contribution is 0.0779. The number of likely N-dealkylation sites (N-methyl/N-ethyl adjacent to an activating group) is 1. The number of rotatable bonds is 3. The van der Waals surface area contributed by atoms with Crippen LogP contribution in [0.1, 0.15) is 23.8 Å². The van der Waals surface area contributed by atoms with Crippen LogP contribution in [0.5, 0.6) is 0 Å². The molecule has 4 nitrogen and oxygen atoms in total. The van der Waals surface area contributed by atoms with E-state index in [-0.39, 0.29) is 5.91 Å². The lowest BCUT2D eigenvalue weighted by Gasteiger charge is -2.17. The Kier molecular flexibility index (Phi) is 3.89. The van der Waals surface area contributed by atoms with Gasteiger partial charge in [0.1, 0.15) is 5.69 Å². The maximum atomic E-state index is 12.4. The molecule has 0 aromatic carbocycles. The predicted octanol–water partition coefficient (Wildman–Crippen LogP) is 1.70. The number of halogens is 1. The van der Waals surface area contributed by atoms with Gasteiger partial charge < -0.3 is 14.8 Å². The molecule has 1 aromatic rings. The highest BCUT2D eigenvalue weighted by atomic mass is 79.9. The highest BCUT2D eigenvalue weighted by Gasteiger charge is 2.27. The van der Waals surface area contributed by atoms with Gasteiger partial charge in [0.05, 0.1) is 0 Å². The second-order valence-corrected chi connectivity index (χ2v) is 5.27. The Morgan fingerprint density at radius 2 is 2.41 bits per heavy atom. The lowest BCUT2D eigenvalue weighted by Crippen LogP contribution is -2.34. The molecule has 94 valence electrons. The first-order valence-corrected chi connectivity index (χ1v) is 6.77. The summed E-state index contributed by atoms with van der Waals surface area (Å²) in [6, 6.07) is 2.34. The summed E-state index contributed by atoms with van der Waals surface area (Å²) in [4.78, 5) is 14.3. The summed E-state index contributed by atoms with van der Waals surface area (Å²) >= 11 is 3.42. The number of carbonyl (C=O) groups is 1. The third-order valence-corrected chi connectivity index (χ3v) is 3.74. The predicted molar refractivity (Wildman–Crippen MR) is 71.2 cm³/mol. The van der Waals surface area contributed by atoms with Crippen LogP contribution >= 0.6 is 15.9 Å². The maximum absolute atomic E-state index is 12.4. The zero-order valence-electron chi connectivity index (χ0n) is 10.2. The fourth-order valence-electron chi connectivity index (χ4n) is 2.26. The Bertz CT molecular complexity index is 416. The monoisotopic (exact) mass is 299 g/mol. The SMILES string of the molecule is CCn1cc(Br)cc1C(=O)N1CCC(NC)C1. The van der Waals surface area contributed by atoms with Gasteiger partial charge in [0.2, 0.25) is 0 Å². The van der Waals surface area contributed by atoms with Gasteiger partial charge in [-0.15, -0.1) is 0 Å². The number of aryl methyl sites for hydroxylation is 1. The van der Waals surface area contributed by atoms with Crippen molar-refractivity contribution >= 4 is 21.8 Å². The van der Waals surface area contributed by atoms with Crippen molar-refractivity contribution in [2.45, 2.75) is 25.9 Å². The van der Waals surface area contributed by atoms with Crippen molar-refractivity contribution in [2.24, 2.45) is 0 Å². The van der Waals surface area contributed by atoms with E-state index >= 15 is 0 Å². The first-order chi connectivity index (χ1) is 8.15. The highest BCUT2D eigenvalue weighted by molar-refractivity contribution is 9.10. The van der Waals surface area contributed by atoms with Gasteiger partial charge in [-0.1, -0.05) is 0 Å². The molecule has 1 N–H and O–H groups in total. The van der Waals surface area contributed by atoms with Gasteiger partial charge in [0.15, 0.2) is 0 Å². The van der Waals surface area contributed by atoms with E-state index in [0.717, 1.165) is 36.2 Å². The Morgan fingerprint density at radius 1 is 1.65 bits per heavy atom. The molecule has 1 atom stereocenters. The van der Waals surface area contributed by atoms with Crippen molar-refractivity contribution in [1.29, 1.82) is 0 Å². The highest BCUT2D eigenvalue weighted by Crippen LogP contribution is 2.19. The Labute approximate surface area is 110 Å². The van der Waals surface area contributed by atoms with Gasteiger partial charge in [-0.25, -0.2) is 0 Å². The minimum Gasteiger partial charge on any atom is -0.343 e. The molecular weight excluding hydrogens is 282 g/mol. The van der Waals surface area contributed by atoms with Crippen LogP contribution in [0, 0.1) is 0 Å². The van der Waals surface area contributed by atoms with Gasteiger partial charge in [-0.3, -0.25) is 4.79 Å². The van der Waals surface area contributed by atoms with Gasteiger partial charge in [-0.05, 0) is 42.4 Å². The molecule has 2 rings (SSSR count). The van der Waals surface area contributed by atoms with Crippen LogP contribution in [0.25, 0.3) is 0 Å². The van der Waals surface area contributed by atoms with Crippen LogP contribution in [0.2, 0.25) is 0 Å². The molecule has 0 aliphatic carbocycles. The van der Waals surface area contributed by atoms with Gasteiger partial charge in [-0.2, -0.15) is 0 Å². The van der Waals surface area contributed by atoms with Crippen molar-refractivity contribution < 1.29 is 4.79 Å². The van der Waals surface area contributed by atoms with E-state index in [1.165, 1.54) is 0 Å². The molecule has 1 aromatic heterocycles. The summed E-state index contributed by atoms with van der Waals surface area (Å²) in [5.41, 5.74) is 0.774. The standard InChI is InChI=1S/C12H18BrN3O/c1-3-15-7-9(13)6-11(15)12(17)16-5-4-10(8-16)14-2/h6-7,10,14H,3-5,8H2,1-2H3. The van der Waals surface area contributed by atoms with Crippen LogP contribution in [0.3, 0.4) is 0 Å². The van der Waals surface area contributed by atoms with E-state index in [0.29, 0.717) is 6.04 Å². The van der Waals surface area contributed by atoms with Gasteiger partial charge in [0, 0.05) is 36.3 Å². The summed E-state index contributed by atoms with van der Waals surface area (Å²) in [5, 5.41) is 3.22. The quantitative estimate of drug-likeness (QED) is 0.922. The number of likely N-dealkylation sites (tertiary alicyclic amines) is 1. The van der Waals surface area contributed by atoms with E-state index in [9.17, 15) is 4.79 Å². The molecule has 0 saturated carbocycles. The Balaban J connectivity index is 2.14. The van der Waals surface area contributed by atoms with Crippen molar-refractivity contribution in [3.05, 3.63) is 22.4 Å². The van der Waals surface area contributed by atoms with Crippen LogP contribution < -0.4 is 5.32 Å². The molecule has 1 aliphatic rings. The van der Waals surface area contributed by atoms with Crippen molar-refractivity contribution in [3.8, 4) is 0 Å². The van der Waals surface area contributed by atoms with Crippen LogP contribution in [0.4, 0.5) is 0 Å². The largest absolute Gasteiger partial charge is 0.343 e. The molecule has 0 radical (unpaired) electrons. The van der Waals surface area contributed by atoms with Crippen LogP contribution in [-0.4, -0.2) is 41.6 Å². The lowest BCUT2D eigenvalue weighted by atomic mass is 10.3. The summed E-state index contributed by atoms with van der Waals surface area (Å²) in [6.07, 6.45) is 3.00. The molecule has 1 saturated heterocycles. The second kappa shape index (κ2) is 5.23. The van der Waals surface area contributed by atoms with Crippen LogP contribution in [-0.2, 0) is 6.54 Å². The topological polar surface area (TPSA) is 37.3 Å². The first-order valence-electron chi connectivity index (χ1n) is 5.98. The van der Waals surface area contributed by atoms with E-state index in [4.69, 9.17) is 0 Å². The molecule has 0 spiro atoms. The van der Waals surface area contributed by atoms with E-state index < -0.39 is 0 Å². The average Bonchev–Trinajstić information content (AvgIpc) is 2.93. The van der Waals surface area contributed by atoms with E-state index in [1.807, 2.05) is 35.7 Å². The number of carbonyl (C=O) groups excluding carboxylic acids is 1. The number of hydrogen-bond acceptors (Lipinski definition) is 2. The smallest absolute Gasteiger partial charge is 0.270 e. The number of nitrogens with one attached hydrogen (secondary N) is 1. The first kappa shape index (κ1) is 12.6. The van der Waals surface area contributed by atoms with Crippen molar-refractivity contribution in [3.63, 3.8) is 0 Å². The minimum absolute atomic E-state index is 0.135. The normalized spacial score (nSPS) is 19.9. The fourth-order valence-corrected chi connectivity index (χ4v) is 2.72. The zero-order chi connectivity index (χ0) is 12.4. The van der Waals surface area contributed by atoms with E-state index in [2.05, 4.69) is 21.2 Å². The fraction of sp³-hybridized carbons (Fsp3) is 0.583. The summed E-state index contributed by atoms with van der Waals surface area (Å²) in [6.45, 7) is 4.51. The molecule has 1 fully saturated rings. The third kappa shape index (κ3) is 2.55.